The largest absolute Gasteiger partial charge is 0.305 e. The highest BCUT2D eigenvalue weighted by Gasteiger charge is 2.34. The van der Waals surface area contributed by atoms with E-state index in [1.165, 1.54) is 16.7 Å². The molecule has 0 aromatic heterocycles. The molecule has 0 bridgehead atoms. The van der Waals surface area contributed by atoms with Crippen molar-refractivity contribution in [1.82, 2.24) is 4.57 Å². The standard InChI is InChI=1S/C7H11NO2Si/c1-11(2,3)8-6(9)4-5-7(8)10/h4-5H,1-3H3. The average Bonchev–Trinajstić information content (AvgIpc) is 2.08. The molecule has 2 amide bonds. The predicted molar refractivity (Wildman–Crippen MR) is 44.3 cm³/mol. The Morgan fingerprint density at radius 3 is 1.64 bits per heavy atom. The Hall–Kier alpha value is -0.903. The van der Waals surface area contributed by atoms with Crippen LogP contribution < -0.4 is 0 Å². The van der Waals surface area contributed by atoms with Gasteiger partial charge in [-0.3, -0.25) is 9.59 Å². The van der Waals surface area contributed by atoms with E-state index in [-0.39, 0.29) is 11.8 Å². The quantitative estimate of drug-likeness (QED) is 0.429. The van der Waals surface area contributed by atoms with Crippen molar-refractivity contribution in [2.24, 2.45) is 0 Å². The van der Waals surface area contributed by atoms with E-state index in [1.807, 2.05) is 19.6 Å². The van der Waals surface area contributed by atoms with Gasteiger partial charge in [0.25, 0.3) is 0 Å². The summed E-state index contributed by atoms with van der Waals surface area (Å²) in [6, 6.07) is 0. The third kappa shape index (κ3) is 1.40. The lowest BCUT2D eigenvalue weighted by Gasteiger charge is -2.27. The molecule has 3 nitrogen and oxygen atoms in total. The first-order chi connectivity index (χ1) is 4.93. The molecule has 0 aromatic rings. The van der Waals surface area contributed by atoms with Crippen LogP contribution in [0.25, 0.3) is 0 Å². The summed E-state index contributed by atoms with van der Waals surface area (Å²) in [6.45, 7) is 5.90. The fraction of sp³-hybridized carbons (Fsp3) is 0.429. The second kappa shape index (κ2) is 2.30. The van der Waals surface area contributed by atoms with E-state index in [2.05, 4.69) is 0 Å². The van der Waals surface area contributed by atoms with Gasteiger partial charge >= 0.3 is 0 Å². The lowest BCUT2D eigenvalue weighted by Crippen LogP contribution is -2.49. The molecule has 0 N–H and O–H groups in total. The SMILES string of the molecule is C[Si](C)(C)N1C(=O)C=CC1=O. The van der Waals surface area contributed by atoms with Gasteiger partial charge in [0.05, 0.1) is 0 Å². The number of carbonyl (C=O) groups is 2. The minimum Gasteiger partial charge on any atom is -0.305 e. The van der Waals surface area contributed by atoms with E-state index < -0.39 is 8.24 Å². The zero-order chi connectivity index (χ0) is 8.65. The molecule has 1 aliphatic heterocycles. The lowest BCUT2D eigenvalue weighted by atomic mass is 10.6. The first kappa shape index (κ1) is 8.20. The monoisotopic (exact) mass is 169 g/mol. The van der Waals surface area contributed by atoms with E-state index in [0.717, 1.165) is 0 Å². The van der Waals surface area contributed by atoms with Crippen molar-refractivity contribution in [2.75, 3.05) is 0 Å². The molecule has 0 aliphatic carbocycles. The summed E-state index contributed by atoms with van der Waals surface area (Å²) in [5.41, 5.74) is 0. The molecule has 1 heterocycles. The highest BCUT2D eigenvalue weighted by atomic mass is 28.3. The van der Waals surface area contributed by atoms with E-state index in [1.54, 1.807) is 0 Å². The Morgan fingerprint density at radius 1 is 1.09 bits per heavy atom. The van der Waals surface area contributed by atoms with E-state index >= 15 is 0 Å². The highest BCUT2D eigenvalue weighted by Crippen LogP contribution is 2.14. The number of nitrogens with zero attached hydrogens (tertiary/aromatic N) is 1. The molecule has 0 saturated carbocycles. The van der Waals surface area contributed by atoms with Crippen LogP contribution in [0.3, 0.4) is 0 Å². The third-order valence-corrected chi connectivity index (χ3v) is 3.26. The zero-order valence-electron chi connectivity index (χ0n) is 6.92. The fourth-order valence-electron chi connectivity index (χ4n) is 1.06. The van der Waals surface area contributed by atoms with E-state index in [0.29, 0.717) is 0 Å². The molecule has 0 unspecified atom stereocenters. The van der Waals surface area contributed by atoms with Crippen LogP contribution >= 0.6 is 0 Å². The molecule has 4 heteroatoms. The van der Waals surface area contributed by atoms with Crippen molar-refractivity contribution in [2.45, 2.75) is 19.6 Å². The Bertz CT molecular complexity index is 221. The van der Waals surface area contributed by atoms with Gasteiger partial charge < -0.3 is 4.57 Å². The Morgan fingerprint density at radius 2 is 1.45 bits per heavy atom. The summed E-state index contributed by atoms with van der Waals surface area (Å²) in [7, 11) is -1.78. The molecule has 11 heavy (non-hydrogen) atoms. The number of rotatable bonds is 1. The number of carbonyl (C=O) groups excluding carboxylic acids is 2. The van der Waals surface area contributed by atoms with Crippen LogP contribution in [-0.4, -0.2) is 24.6 Å². The second-order valence-corrected chi connectivity index (χ2v) is 8.30. The summed E-state index contributed by atoms with van der Waals surface area (Å²) >= 11 is 0. The molecule has 0 saturated heterocycles. The normalized spacial score (nSPS) is 18.3. The van der Waals surface area contributed by atoms with Gasteiger partial charge in [-0.1, -0.05) is 19.6 Å². The molecule has 60 valence electrons. The maximum atomic E-state index is 11.1. The summed E-state index contributed by atoms with van der Waals surface area (Å²) in [6.07, 6.45) is 2.67. The molecule has 1 aliphatic rings. The molecule has 0 radical (unpaired) electrons. The summed E-state index contributed by atoms with van der Waals surface area (Å²) in [5.74, 6) is -0.316. The summed E-state index contributed by atoms with van der Waals surface area (Å²) in [5, 5.41) is 0. The number of amides is 2. The van der Waals surface area contributed by atoms with Gasteiger partial charge in [0.1, 0.15) is 0 Å². The summed E-state index contributed by atoms with van der Waals surface area (Å²) < 4.78 is 1.38. The third-order valence-electron chi connectivity index (χ3n) is 1.48. The van der Waals surface area contributed by atoms with Gasteiger partial charge in [-0.05, 0) is 0 Å². The van der Waals surface area contributed by atoms with Crippen LogP contribution in [0.4, 0.5) is 0 Å². The van der Waals surface area contributed by atoms with Gasteiger partial charge in [-0.15, -0.1) is 0 Å². The van der Waals surface area contributed by atoms with Gasteiger partial charge in [-0.2, -0.15) is 0 Å². The van der Waals surface area contributed by atoms with Crippen LogP contribution in [0.15, 0.2) is 12.2 Å². The van der Waals surface area contributed by atoms with Crippen LogP contribution in [0.2, 0.25) is 19.6 Å². The maximum absolute atomic E-state index is 11.1. The number of hydrogen-bond donors (Lipinski definition) is 0. The minimum absolute atomic E-state index is 0.158. The van der Waals surface area contributed by atoms with E-state index in [9.17, 15) is 9.59 Å². The Balaban J connectivity index is 2.91. The van der Waals surface area contributed by atoms with Gasteiger partial charge in [0.2, 0.25) is 11.8 Å². The molecular weight excluding hydrogens is 158 g/mol. The van der Waals surface area contributed by atoms with Crippen LogP contribution in [0, 0.1) is 0 Å². The lowest BCUT2D eigenvalue weighted by molar-refractivity contribution is -0.131. The molecule has 1 rings (SSSR count). The highest BCUT2D eigenvalue weighted by molar-refractivity contribution is 6.78. The van der Waals surface area contributed by atoms with Crippen LogP contribution in [-0.2, 0) is 9.59 Å². The van der Waals surface area contributed by atoms with E-state index in [4.69, 9.17) is 0 Å². The van der Waals surface area contributed by atoms with Crippen molar-refractivity contribution in [1.29, 1.82) is 0 Å². The molecule has 0 spiro atoms. The van der Waals surface area contributed by atoms with Gasteiger partial charge in [-0.25, -0.2) is 0 Å². The molecule has 0 fully saturated rings. The topological polar surface area (TPSA) is 37.4 Å². The summed E-state index contributed by atoms with van der Waals surface area (Å²) in [4.78, 5) is 22.2. The first-order valence-electron chi connectivity index (χ1n) is 3.49. The second-order valence-electron chi connectivity index (χ2n) is 3.52. The number of imide groups is 1. The average molecular weight is 169 g/mol. The van der Waals surface area contributed by atoms with Crippen molar-refractivity contribution in [3.8, 4) is 0 Å². The Labute approximate surface area is 66.8 Å². The van der Waals surface area contributed by atoms with Crippen LogP contribution in [0.1, 0.15) is 0 Å². The van der Waals surface area contributed by atoms with Gasteiger partial charge in [0.15, 0.2) is 8.24 Å². The fourth-order valence-corrected chi connectivity index (χ4v) is 2.53. The Kier molecular flexibility index (Phi) is 1.71. The predicted octanol–water partition coefficient (Wildman–Crippen LogP) is 0.746. The van der Waals surface area contributed by atoms with Crippen molar-refractivity contribution < 1.29 is 9.59 Å². The van der Waals surface area contributed by atoms with Crippen molar-refractivity contribution >= 4 is 20.0 Å². The zero-order valence-corrected chi connectivity index (χ0v) is 7.92. The van der Waals surface area contributed by atoms with Gasteiger partial charge in [0, 0.05) is 12.2 Å². The number of hydrogen-bond acceptors (Lipinski definition) is 2. The minimum atomic E-state index is -1.78. The van der Waals surface area contributed by atoms with Crippen molar-refractivity contribution in [3.05, 3.63) is 12.2 Å². The molecule has 0 atom stereocenters. The van der Waals surface area contributed by atoms with Crippen LogP contribution in [0.5, 0.6) is 0 Å². The van der Waals surface area contributed by atoms with Crippen molar-refractivity contribution in [3.63, 3.8) is 0 Å². The smallest absolute Gasteiger partial charge is 0.245 e. The molecule has 0 aromatic carbocycles. The first-order valence-corrected chi connectivity index (χ1v) is 6.94. The maximum Gasteiger partial charge on any atom is 0.245 e. The molecular formula is C7H11NO2Si.